The molecule has 1 aromatic carbocycles. The van der Waals surface area contributed by atoms with Crippen molar-refractivity contribution < 1.29 is 0 Å². The molecule has 2 aromatic rings. The molecule has 0 aliphatic rings. The Morgan fingerprint density at radius 1 is 1.31 bits per heavy atom. The first-order chi connectivity index (χ1) is 6.25. The van der Waals surface area contributed by atoms with Crippen molar-refractivity contribution in [2.75, 3.05) is 0 Å². The lowest BCUT2D eigenvalue weighted by molar-refractivity contribution is 1.41. The molecule has 0 aliphatic carbocycles. The first-order valence-electron chi connectivity index (χ1n) is 3.49. The van der Waals surface area contributed by atoms with Gasteiger partial charge in [0.2, 0.25) is 0 Å². The van der Waals surface area contributed by atoms with Gasteiger partial charge in [0.15, 0.2) is 3.95 Å². The highest BCUT2D eigenvalue weighted by Crippen LogP contribution is 2.27. The molecular formula is C8H4ClNS3. The molecule has 0 atom stereocenters. The van der Waals surface area contributed by atoms with Gasteiger partial charge in [-0.15, -0.1) is 0 Å². The van der Waals surface area contributed by atoms with Crippen LogP contribution >= 0.6 is 44.5 Å². The van der Waals surface area contributed by atoms with E-state index in [2.05, 4.69) is 4.98 Å². The van der Waals surface area contributed by atoms with Gasteiger partial charge in [-0.3, -0.25) is 0 Å². The molecule has 1 aromatic heterocycles. The van der Waals surface area contributed by atoms with Crippen molar-refractivity contribution >= 4 is 44.5 Å². The summed E-state index contributed by atoms with van der Waals surface area (Å²) in [6, 6.07) is 7.62. The standard InChI is InChI=1S/C8H4ClNS3/c9-6-3-1-2-5(4-6)7-10-8(11)13-12-7/h1-4H. The zero-order chi connectivity index (χ0) is 9.26. The average molecular weight is 246 g/mol. The summed E-state index contributed by atoms with van der Waals surface area (Å²) in [4.78, 5) is 4.22. The third-order valence-corrected chi connectivity index (χ3v) is 4.35. The second kappa shape index (κ2) is 3.84. The summed E-state index contributed by atoms with van der Waals surface area (Å²) in [5, 5.41) is 1.67. The van der Waals surface area contributed by atoms with E-state index in [-0.39, 0.29) is 0 Å². The van der Waals surface area contributed by atoms with Gasteiger partial charge in [0.1, 0.15) is 5.01 Å². The number of rotatable bonds is 1. The molecule has 0 radical (unpaired) electrons. The van der Waals surface area contributed by atoms with E-state index in [1.54, 1.807) is 10.3 Å². The van der Waals surface area contributed by atoms with Gasteiger partial charge in [0.05, 0.1) is 0 Å². The van der Waals surface area contributed by atoms with Gasteiger partial charge in [-0.25, -0.2) is 4.98 Å². The molecule has 0 spiro atoms. The molecule has 0 amide bonds. The minimum atomic E-state index is 0.681. The van der Waals surface area contributed by atoms with Crippen LogP contribution < -0.4 is 0 Å². The molecule has 1 heterocycles. The Bertz CT molecular complexity index is 474. The highest BCUT2D eigenvalue weighted by molar-refractivity contribution is 7.79. The number of halogens is 1. The van der Waals surface area contributed by atoms with E-state index in [1.165, 1.54) is 10.3 Å². The minimum Gasteiger partial charge on any atom is -0.214 e. The fourth-order valence-electron chi connectivity index (χ4n) is 0.929. The zero-order valence-corrected chi connectivity index (χ0v) is 9.56. The van der Waals surface area contributed by atoms with Crippen LogP contribution in [0.5, 0.6) is 0 Å². The monoisotopic (exact) mass is 245 g/mol. The maximum absolute atomic E-state index is 5.86. The molecular weight excluding hydrogens is 242 g/mol. The number of aromatic nitrogens is 1. The molecule has 0 bridgehead atoms. The fraction of sp³-hybridized carbons (Fsp3) is 0. The predicted molar refractivity (Wildman–Crippen MR) is 61.3 cm³/mol. The molecule has 0 saturated carbocycles. The Morgan fingerprint density at radius 2 is 2.15 bits per heavy atom. The van der Waals surface area contributed by atoms with Gasteiger partial charge < -0.3 is 0 Å². The largest absolute Gasteiger partial charge is 0.214 e. The number of benzene rings is 1. The highest BCUT2D eigenvalue weighted by atomic mass is 35.5. The van der Waals surface area contributed by atoms with Crippen LogP contribution in [0.4, 0.5) is 0 Å². The molecule has 2 rings (SSSR count). The lowest BCUT2D eigenvalue weighted by Gasteiger charge is -1.94. The van der Waals surface area contributed by atoms with E-state index < -0.39 is 0 Å². The van der Waals surface area contributed by atoms with Crippen LogP contribution in [0.15, 0.2) is 24.3 Å². The van der Waals surface area contributed by atoms with E-state index in [9.17, 15) is 0 Å². The molecule has 1 nitrogen and oxygen atoms in total. The smallest absolute Gasteiger partial charge is 0.191 e. The van der Waals surface area contributed by atoms with Crippen LogP contribution in [0.2, 0.25) is 5.02 Å². The predicted octanol–water partition coefficient (Wildman–Crippen LogP) is 4.25. The highest BCUT2D eigenvalue weighted by Gasteiger charge is 2.01. The molecule has 0 fully saturated rings. The molecule has 0 N–H and O–H groups in total. The summed E-state index contributed by atoms with van der Waals surface area (Å²) in [5.41, 5.74) is 1.03. The van der Waals surface area contributed by atoms with E-state index in [0.717, 1.165) is 15.6 Å². The van der Waals surface area contributed by atoms with Crippen LogP contribution in [0.1, 0.15) is 0 Å². The molecule has 0 saturated heterocycles. The molecule has 13 heavy (non-hydrogen) atoms. The summed E-state index contributed by atoms with van der Waals surface area (Å²) in [7, 11) is 3.09. The van der Waals surface area contributed by atoms with Crippen LogP contribution in [0, 0.1) is 3.95 Å². The van der Waals surface area contributed by atoms with Gasteiger partial charge in [0.25, 0.3) is 0 Å². The normalized spacial score (nSPS) is 10.2. The third-order valence-electron chi connectivity index (χ3n) is 1.46. The van der Waals surface area contributed by atoms with Gasteiger partial charge in [-0.2, -0.15) is 0 Å². The van der Waals surface area contributed by atoms with Gasteiger partial charge >= 0.3 is 0 Å². The summed E-state index contributed by atoms with van der Waals surface area (Å²) in [6.07, 6.45) is 0. The lowest BCUT2D eigenvalue weighted by atomic mass is 10.2. The second-order valence-electron chi connectivity index (χ2n) is 2.36. The van der Waals surface area contributed by atoms with Crippen molar-refractivity contribution in [1.29, 1.82) is 0 Å². The lowest BCUT2D eigenvalue weighted by Crippen LogP contribution is -1.74. The topological polar surface area (TPSA) is 12.9 Å². The molecule has 5 heteroatoms. The van der Waals surface area contributed by atoms with Crippen LogP contribution in [0.3, 0.4) is 0 Å². The van der Waals surface area contributed by atoms with Crippen molar-refractivity contribution in [3.63, 3.8) is 0 Å². The summed E-state index contributed by atoms with van der Waals surface area (Å²) < 4.78 is 0.681. The van der Waals surface area contributed by atoms with Crippen molar-refractivity contribution in [3.8, 4) is 10.6 Å². The van der Waals surface area contributed by atoms with Gasteiger partial charge in [0, 0.05) is 10.6 Å². The van der Waals surface area contributed by atoms with Crippen LogP contribution in [0.25, 0.3) is 10.6 Å². The second-order valence-corrected chi connectivity index (χ2v) is 5.55. The van der Waals surface area contributed by atoms with Crippen molar-refractivity contribution in [2.24, 2.45) is 0 Å². The number of hydrogen-bond acceptors (Lipinski definition) is 4. The Balaban J connectivity index is 2.52. The Kier molecular flexibility index (Phi) is 2.74. The Labute approximate surface area is 93.0 Å². The number of nitrogens with zero attached hydrogens (tertiary/aromatic N) is 1. The quantitative estimate of drug-likeness (QED) is 0.550. The summed E-state index contributed by atoms with van der Waals surface area (Å²) in [6.45, 7) is 0. The Morgan fingerprint density at radius 3 is 2.77 bits per heavy atom. The molecule has 66 valence electrons. The molecule has 0 unspecified atom stereocenters. The van der Waals surface area contributed by atoms with E-state index in [4.69, 9.17) is 23.8 Å². The Hall–Kier alpha value is -0.290. The number of hydrogen-bond donors (Lipinski definition) is 0. The van der Waals surface area contributed by atoms with Crippen molar-refractivity contribution in [1.82, 2.24) is 4.98 Å². The summed E-state index contributed by atoms with van der Waals surface area (Å²) in [5.74, 6) is 0. The van der Waals surface area contributed by atoms with Gasteiger partial charge in [-0.1, -0.05) is 34.1 Å². The minimum absolute atomic E-state index is 0.681. The van der Waals surface area contributed by atoms with E-state index >= 15 is 0 Å². The third kappa shape index (κ3) is 2.14. The first kappa shape index (κ1) is 9.27. The van der Waals surface area contributed by atoms with Crippen LogP contribution in [-0.2, 0) is 0 Å². The maximum atomic E-state index is 5.86. The zero-order valence-electron chi connectivity index (χ0n) is 6.36. The van der Waals surface area contributed by atoms with Crippen molar-refractivity contribution in [3.05, 3.63) is 33.2 Å². The van der Waals surface area contributed by atoms with Crippen LogP contribution in [-0.4, -0.2) is 4.98 Å². The van der Waals surface area contributed by atoms with E-state index in [1.807, 2.05) is 24.3 Å². The van der Waals surface area contributed by atoms with Crippen molar-refractivity contribution in [2.45, 2.75) is 0 Å². The average Bonchev–Trinajstić information content (AvgIpc) is 2.52. The van der Waals surface area contributed by atoms with E-state index in [0.29, 0.717) is 3.95 Å². The summed E-state index contributed by atoms with van der Waals surface area (Å²) >= 11 is 10.8. The maximum Gasteiger partial charge on any atom is 0.191 e. The molecule has 0 aliphatic heterocycles. The van der Waals surface area contributed by atoms with Gasteiger partial charge in [-0.05, 0) is 34.7 Å². The fourth-order valence-corrected chi connectivity index (χ4v) is 3.23. The first-order valence-corrected chi connectivity index (χ1v) is 6.42. The SMILES string of the molecule is S=c1nc(-c2cccc(Cl)c2)ss1.